The summed E-state index contributed by atoms with van der Waals surface area (Å²) in [7, 11) is 1.96. The lowest BCUT2D eigenvalue weighted by Crippen LogP contribution is -2.38. The predicted octanol–water partition coefficient (Wildman–Crippen LogP) is 4.50. The molecule has 0 spiro atoms. The molecule has 1 N–H and O–H groups in total. The Kier molecular flexibility index (Phi) is 9.66. The third-order valence-electron chi connectivity index (χ3n) is 3.45. The molecule has 0 fully saturated rings. The second kappa shape index (κ2) is 10.9. The number of hydrogen-bond donors (Lipinski definition) is 1. The summed E-state index contributed by atoms with van der Waals surface area (Å²) in [5, 5.41) is 6.80. The molecule has 0 atom stereocenters. The Hall–Kier alpha value is -0.930. The average molecular weight is 497 g/mol. The summed E-state index contributed by atoms with van der Waals surface area (Å²) in [6, 6.07) is 4.73. The third-order valence-corrected chi connectivity index (χ3v) is 4.62. The summed E-state index contributed by atoms with van der Waals surface area (Å²) in [6.07, 6.45) is 0.462. The van der Waals surface area contributed by atoms with Crippen molar-refractivity contribution in [3.8, 4) is 0 Å². The fourth-order valence-corrected chi connectivity index (χ4v) is 3.17. The highest BCUT2D eigenvalue weighted by molar-refractivity contribution is 14.0. The van der Waals surface area contributed by atoms with Gasteiger partial charge in [-0.15, -0.1) is 35.3 Å². The van der Waals surface area contributed by atoms with Gasteiger partial charge in [0, 0.05) is 36.1 Å². The van der Waals surface area contributed by atoms with Crippen molar-refractivity contribution in [2.45, 2.75) is 26.8 Å². The number of nitrogens with zero attached hydrogens (tertiary/aromatic N) is 3. The van der Waals surface area contributed by atoms with E-state index in [4.69, 9.17) is 11.6 Å². The van der Waals surface area contributed by atoms with Crippen molar-refractivity contribution >= 4 is 52.9 Å². The van der Waals surface area contributed by atoms with Crippen LogP contribution in [0.4, 0.5) is 4.39 Å². The molecule has 2 aromatic rings. The van der Waals surface area contributed by atoms with Crippen LogP contribution in [0.2, 0.25) is 5.02 Å². The highest BCUT2D eigenvalue weighted by atomic mass is 127. The number of aryl methyl sites for hydroxylation is 1. The molecule has 0 saturated heterocycles. The summed E-state index contributed by atoms with van der Waals surface area (Å²) in [5.41, 5.74) is 1.53. The lowest BCUT2D eigenvalue weighted by molar-refractivity contribution is 0.471. The van der Waals surface area contributed by atoms with Gasteiger partial charge in [-0.3, -0.25) is 4.99 Å². The topological polar surface area (TPSA) is 40.5 Å². The van der Waals surface area contributed by atoms with Crippen LogP contribution in [-0.4, -0.2) is 36.0 Å². The van der Waals surface area contributed by atoms with Gasteiger partial charge < -0.3 is 10.2 Å². The molecule has 1 aromatic carbocycles. The molecule has 0 aliphatic carbocycles. The minimum atomic E-state index is -0.283. The van der Waals surface area contributed by atoms with E-state index in [0.717, 1.165) is 23.2 Å². The quantitative estimate of drug-likeness (QED) is 0.364. The number of guanidine groups is 1. The number of nitrogens with one attached hydrogen (secondary N) is 1. The highest BCUT2D eigenvalue weighted by Crippen LogP contribution is 2.19. The summed E-state index contributed by atoms with van der Waals surface area (Å²) in [6.45, 7) is 5.91. The number of rotatable bonds is 6. The van der Waals surface area contributed by atoms with Crippen LogP contribution in [0.5, 0.6) is 0 Å². The predicted molar refractivity (Wildman–Crippen MR) is 115 cm³/mol. The maximum absolute atomic E-state index is 13.8. The number of thiazole rings is 1. The van der Waals surface area contributed by atoms with Gasteiger partial charge >= 0.3 is 0 Å². The van der Waals surface area contributed by atoms with E-state index in [0.29, 0.717) is 30.1 Å². The number of aliphatic imine (C=N–C) groups is 1. The van der Waals surface area contributed by atoms with Gasteiger partial charge in [-0.2, -0.15) is 0 Å². The minimum Gasteiger partial charge on any atom is -0.357 e. The van der Waals surface area contributed by atoms with Gasteiger partial charge in [0.2, 0.25) is 0 Å². The number of benzene rings is 1. The Labute approximate surface area is 174 Å². The second-order valence-corrected chi connectivity index (χ2v) is 6.87. The highest BCUT2D eigenvalue weighted by Gasteiger charge is 2.10. The van der Waals surface area contributed by atoms with Crippen molar-refractivity contribution in [3.63, 3.8) is 0 Å². The van der Waals surface area contributed by atoms with E-state index in [1.165, 1.54) is 6.07 Å². The SMILES string of the molecule is CCNC(=NCCc1c(F)cccc1Cl)N(C)Cc1csc(C)n1.I. The molecule has 4 nitrogen and oxygen atoms in total. The molecule has 25 heavy (non-hydrogen) atoms. The molecule has 2 rings (SSSR count). The standard InChI is InChI=1S/C17H22ClFN4S.HI/c1-4-20-17(23(3)10-13-11-24-12(2)22-13)21-9-8-14-15(18)6-5-7-16(14)19;/h5-7,11H,4,8-10H2,1-3H3,(H,20,21);1H. The van der Waals surface area contributed by atoms with Crippen molar-refractivity contribution in [1.29, 1.82) is 0 Å². The molecule has 8 heteroatoms. The van der Waals surface area contributed by atoms with Crippen LogP contribution in [0.25, 0.3) is 0 Å². The van der Waals surface area contributed by atoms with Crippen molar-refractivity contribution in [2.75, 3.05) is 20.1 Å². The normalized spacial score (nSPS) is 11.2. The van der Waals surface area contributed by atoms with E-state index in [1.54, 1.807) is 23.5 Å². The molecule has 138 valence electrons. The molecule has 0 bridgehead atoms. The first-order valence-corrected chi connectivity index (χ1v) is 9.10. The van der Waals surface area contributed by atoms with E-state index in [1.807, 2.05) is 25.8 Å². The monoisotopic (exact) mass is 496 g/mol. The van der Waals surface area contributed by atoms with E-state index < -0.39 is 0 Å². The second-order valence-electron chi connectivity index (χ2n) is 5.40. The van der Waals surface area contributed by atoms with Crippen LogP contribution in [0.1, 0.15) is 23.2 Å². The van der Waals surface area contributed by atoms with Gasteiger partial charge in [-0.05, 0) is 32.4 Å². The van der Waals surface area contributed by atoms with Crippen molar-refractivity contribution < 1.29 is 4.39 Å². The zero-order chi connectivity index (χ0) is 17.5. The largest absolute Gasteiger partial charge is 0.357 e. The molecule has 0 aliphatic heterocycles. The lowest BCUT2D eigenvalue weighted by Gasteiger charge is -2.21. The van der Waals surface area contributed by atoms with E-state index in [9.17, 15) is 4.39 Å². The lowest BCUT2D eigenvalue weighted by atomic mass is 10.1. The van der Waals surface area contributed by atoms with Crippen LogP contribution in [-0.2, 0) is 13.0 Å². The maximum atomic E-state index is 13.8. The van der Waals surface area contributed by atoms with Crippen molar-refractivity contribution in [1.82, 2.24) is 15.2 Å². The zero-order valence-corrected chi connectivity index (χ0v) is 18.5. The molecule has 0 amide bonds. The molecular formula is C17H23ClFIN4S. The average Bonchev–Trinajstić information content (AvgIpc) is 2.94. The molecule has 0 unspecified atom stereocenters. The van der Waals surface area contributed by atoms with Crippen LogP contribution in [0.15, 0.2) is 28.6 Å². The fraction of sp³-hybridized carbons (Fsp3) is 0.412. The smallest absolute Gasteiger partial charge is 0.194 e. The van der Waals surface area contributed by atoms with Crippen molar-refractivity contribution in [3.05, 3.63) is 50.7 Å². The summed E-state index contributed by atoms with van der Waals surface area (Å²) in [5.74, 6) is 0.490. The fourth-order valence-electron chi connectivity index (χ4n) is 2.31. The Bertz CT molecular complexity index is 687. The molecule has 0 saturated carbocycles. The number of hydrogen-bond acceptors (Lipinski definition) is 3. The third kappa shape index (κ3) is 6.71. The Balaban J connectivity index is 0.00000312. The van der Waals surface area contributed by atoms with Gasteiger partial charge in [0.25, 0.3) is 0 Å². The number of halogens is 3. The summed E-state index contributed by atoms with van der Waals surface area (Å²) in [4.78, 5) is 11.1. The molecule has 1 aromatic heterocycles. The van der Waals surface area contributed by atoms with Crippen LogP contribution < -0.4 is 5.32 Å². The number of aromatic nitrogens is 1. The van der Waals surface area contributed by atoms with E-state index >= 15 is 0 Å². The van der Waals surface area contributed by atoms with Gasteiger partial charge in [0.15, 0.2) is 5.96 Å². The first-order valence-electron chi connectivity index (χ1n) is 7.84. The van der Waals surface area contributed by atoms with Crippen LogP contribution >= 0.6 is 46.9 Å². The van der Waals surface area contributed by atoms with Crippen LogP contribution in [0.3, 0.4) is 0 Å². The first-order chi connectivity index (χ1) is 11.5. The Morgan fingerprint density at radius 1 is 1.44 bits per heavy atom. The zero-order valence-electron chi connectivity index (χ0n) is 14.6. The van der Waals surface area contributed by atoms with Gasteiger partial charge in [0.05, 0.1) is 17.2 Å². The Morgan fingerprint density at radius 2 is 2.20 bits per heavy atom. The molecule has 0 aliphatic rings. The van der Waals surface area contributed by atoms with Crippen molar-refractivity contribution in [2.24, 2.45) is 4.99 Å². The van der Waals surface area contributed by atoms with Gasteiger partial charge in [0.1, 0.15) is 5.82 Å². The molecule has 0 radical (unpaired) electrons. The van der Waals surface area contributed by atoms with Gasteiger partial charge in [-0.25, -0.2) is 9.37 Å². The van der Waals surface area contributed by atoms with Gasteiger partial charge in [-0.1, -0.05) is 17.7 Å². The molecule has 1 heterocycles. The summed E-state index contributed by atoms with van der Waals surface area (Å²) >= 11 is 7.69. The van der Waals surface area contributed by atoms with Crippen LogP contribution in [0, 0.1) is 12.7 Å². The minimum absolute atomic E-state index is 0. The molecular weight excluding hydrogens is 474 g/mol. The summed E-state index contributed by atoms with van der Waals surface area (Å²) < 4.78 is 13.8. The Morgan fingerprint density at radius 3 is 2.80 bits per heavy atom. The van der Waals surface area contributed by atoms with E-state index in [-0.39, 0.29) is 29.8 Å². The maximum Gasteiger partial charge on any atom is 0.194 e. The van der Waals surface area contributed by atoms with E-state index in [2.05, 4.69) is 20.7 Å². The first kappa shape index (κ1) is 22.1.